The topological polar surface area (TPSA) is 318 Å². The lowest BCUT2D eigenvalue weighted by atomic mass is 9.41. The molecule has 0 aromatic rings. The molecule has 3 saturated heterocycles. The zero-order valence-corrected chi connectivity index (χ0v) is 39.7. The summed E-state index contributed by atoms with van der Waals surface area (Å²) in [5.74, 6) is -0.342. The van der Waals surface area contributed by atoms with Gasteiger partial charge in [-0.15, -0.1) is 0 Å². The Labute approximate surface area is 392 Å². The summed E-state index contributed by atoms with van der Waals surface area (Å²) < 4.78 is 37.0. The second-order valence-electron chi connectivity index (χ2n) is 22.9. The molecule has 0 unspecified atom stereocenters. The van der Waals surface area contributed by atoms with Gasteiger partial charge in [-0.3, -0.25) is 0 Å². The van der Waals surface area contributed by atoms with E-state index in [4.69, 9.17) is 28.4 Å². The van der Waals surface area contributed by atoms with Crippen molar-refractivity contribution >= 4 is 0 Å². The minimum atomic E-state index is -1.66. The zero-order valence-electron chi connectivity index (χ0n) is 39.7. The third-order valence-electron chi connectivity index (χ3n) is 19.5. The summed E-state index contributed by atoms with van der Waals surface area (Å²) in [6.45, 7) is 10.8. The highest BCUT2D eigenvalue weighted by atomic mass is 16.7. The molecule has 2 spiro atoms. The van der Waals surface area contributed by atoms with Crippen LogP contribution in [-0.4, -0.2) is 203 Å². The first kappa shape index (κ1) is 52.3. The van der Waals surface area contributed by atoms with Gasteiger partial charge >= 0.3 is 0 Å². The number of hydrogen-bond donors (Lipinski definition) is 13. The smallest absolute Gasteiger partial charge is 0.186 e. The Kier molecular flexibility index (Phi) is 14.9. The molecule has 3 aliphatic heterocycles. The monoisotopic (exact) mass is 961 g/mol. The van der Waals surface area contributed by atoms with Gasteiger partial charge in [-0.25, -0.2) is 0 Å². The van der Waals surface area contributed by atoms with Crippen LogP contribution < -0.4 is 0 Å². The van der Waals surface area contributed by atoms with Gasteiger partial charge in [0.2, 0.25) is 0 Å². The van der Waals surface area contributed by atoms with Crippen molar-refractivity contribution in [2.75, 3.05) is 26.4 Å². The van der Waals surface area contributed by atoms with Gasteiger partial charge in [0.25, 0.3) is 0 Å². The molecule has 13 N–H and O–H groups in total. The second-order valence-corrected chi connectivity index (χ2v) is 22.9. The molecule has 19 nitrogen and oxygen atoms in total. The minimum absolute atomic E-state index is 0.0563. The van der Waals surface area contributed by atoms with Gasteiger partial charge < -0.3 is 94.8 Å². The molecule has 8 rings (SSSR count). The highest BCUT2D eigenvalue weighted by Crippen LogP contribution is 2.89. The van der Waals surface area contributed by atoms with Crippen molar-refractivity contribution in [1.29, 1.82) is 0 Å². The van der Waals surface area contributed by atoms with E-state index < -0.39 is 136 Å². The summed E-state index contributed by atoms with van der Waals surface area (Å²) in [5.41, 5.74) is -0.830. The van der Waals surface area contributed by atoms with Crippen molar-refractivity contribution in [2.24, 2.45) is 50.7 Å². The van der Waals surface area contributed by atoms with E-state index in [1.54, 1.807) is 0 Å². The van der Waals surface area contributed by atoms with Crippen LogP contribution in [0.2, 0.25) is 0 Å². The molecule has 5 aliphatic carbocycles. The molecule has 27 atom stereocenters. The summed E-state index contributed by atoms with van der Waals surface area (Å²) in [6, 6.07) is 0. The summed E-state index contributed by atoms with van der Waals surface area (Å²) in [6.07, 6.45) is -15.7. The van der Waals surface area contributed by atoms with Crippen molar-refractivity contribution in [1.82, 2.24) is 0 Å². The van der Waals surface area contributed by atoms with E-state index in [-0.39, 0.29) is 51.9 Å². The molecule has 0 aromatic carbocycles. The number of ether oxygens (including phenoxy) is 6. The molecule has 5 saturated carbocycles. The molecule has 3 heterocycles. The van der Waals surface area contributed by atoms with Gasteiger partial charge in [0, 0.05) is 5.41 Å². The fraction of sp³-hybridized carbons (Fsp3) is 0.958. The molecule has 0 amide bonds. The quantitative estimate of drug-likeness (QED) is 0.0700. The van der Waals surface area contributed by atoms with Gasteiger partial charge in [-0.1, -0.05) is 39.3 Å². The van der Waals surface area contributed by atoms with E-state index >= 15 is 0 Å². The van der Waals surface area contributed by atoms with Crippen LogP contribution in [0.25, 0.3) is 0 Å². The first-order valence-corrected chi connectivity index (χ1v) is 24.7. The predicted molar refractivity (Wildman–Crippen MR) is 233 cm³/mol. The molecule has 8 aliphatic rings. The number of aliphatic hydroxyl groups excluding tert-OH is 13. The Morgan fingerprint density at radius 1 is 0.612 bits per heavy atom. The van der Waals surface area contributed by atoms with Crippen molar-refractivity contribution in [3.05, 3.63) is 11.6 Å². The number of rotatable bonds is 14. The molecule has 19 heteroatoms. The van der Waals surface area contributed by atoms with Crippen LogP contribution in [0.5, 0.6) is 0 Å². The van der Waals surface area contributed by atoms with Crippen molar-refractivity contribution in [3.8, 4) is 0 Å². The normalized spacial score (nSPS) is 54.8. The summed E-state index contributed by atoms with van der Waals surface area (Å²) in [4.78, 5) is 0. The minimum Gasteiger partial charge on any atom is -0.394 e. The molecule has 67 heavy (non-hydrogen) atoms. The SMILES string of the molecule is CC(C)=CC[C@H](O[C@@H]1O[C@H](CO)[C@@H](O)[C@H](O)[C@H]1O)[C@@H](C)[C@H]1[C@@H](O)C[C@@]2(C)[C@@H]3CC[C@H]4[C@](C)(CO[C@@H]5O[C@H](CO)[C@@H](O)[C@H](O)[C@H]5O)[C@@H](O[C@@H]5O[C@H](CO)[C@H](O)[C@H](O)[C@H]5O)CC[C@@]45C[C@@]35CC[C@]12C. The summed E-state index contributed by atoms with van der Waals surface area (Å²) in [7, 11) is 0. The average Bonchev–Trinajstić information content (AvgIpc) is 3.91. The van der Waals surface area contributed by atoms with Crippen LogP contribution in [0.1, 0.15) is 99.3 Å². The maximum atomic E-state index is 12.4. The van der Waals surface area contributed by atoms with Gasteiger partial charge in [0.15, 0.2) is 18.9 Å². The number of hydrogen-bond acceptors (Lipinski definition) is 19. The standard InChI is InChI=1S/C48H80O19/c1-21(2)7-8-24(63-42-39(60)36(57)33(54)26(17-50)65-42)22(3)31-23(52)15-46(6)29-10-9-28-44(4,20-62-41-38(59)35(56)32(53)25(16-49)64-41)30(67-43-40(61)37(58)34(55)27(18-51)66-43)11-12-47(28)19-48(29,47)14-13-45(31,46)5/h7,22-43,49-61H,8-20H2,1-6H3/t22-,23+,24+,25-,26-,27-,28+,29+,30+,31+,32-,33-,34+,35+,36+,37+,38-,39-,40-,41-,42-,43+,44+,45-,46+,47-,48+/m1/s1. The second kappa shape index (κ2) is 19.1. The maximum absolute atomic E-state index is 12.4. The molecule has 8 fully saturated rings. The van der Waals surface area contributed by atoms with E-state index in [1.807, 2.05) is 26.8 Å². The van der Waals surface area contributed by atoms with Crippen LogP contribution in [0.3, 0.4) is 0 Å². The fourth-order valence-corrected chi connectivity index (χ4v) is 15.8. The summed E-state index contributed by atoms with van der Waals surface area (Å²) >= 11 is 0. The molecular formula is C48H80O19. The molecule has 0 aromatic heterocycles. The lowest BCUT2D eigenvalue weighted by molar-refractivity contribution is -0.340. The van der Waals surface area contributed by atoms with Gasteiger partial charge in [-0.05, 0) is 117 Å². The van der Waals surface area contributed by atoms with Crippen LogP contribution in [0.4, 0.5) is 0 Å². The number of aliphatic hydroxyl groups is 13. The van der Waals surface area contributed by atoms with Crippen LogP contribution in [0, 0.1) is 50.7 Å². The third kappa shape index (κ3) is 8.23. The molecule has 0 radical (unpaired) electrons. The van der Waals surface area contributed by atoms with Crippen LogP contribution in [0.15, 0.2) is 11.6 Å². The van der Waals surface area contributed by atoms with E-state index in [0.717, 1.165) is 44.1 Å². The van der Waals surface area contributed by atoms with E-state index in [9.17, 15) is 66.4 Å². The largest absolute Gasteiger partial charge is 0.394 e. The Balaban J connectivity index is 1.07. The van der Waals surface area contributed by atoms with E-state index in [1.165, 1.54) is 0 Å². The molecular weight excluding hydrogens is 881 g/mol. The van der Waals surface area contributed by atoms with Gasteiger partial charge in [-0.2, -0.15) is 0 Å². The van der Waals surface area contributed by atoms with Crippen molar-refractivity contribution in [2.45, 2.75) is 210 Å². The Morgan fingerprint density at radius 2 is 1.12 bits per heavy atom. The molecule has 386 valence electrons. The lowest BCUT2D eigenvalue weighted by Gasteiger charge is -2.64. The Bertz CT molecular complexity index is 1750. The lowest BCUT2D eigenvalue weighted by Crippen LogP contribution is -2.63. The van der Waals surface area contributed by atoms with E-state index in [0.29, 0.717) is 19.3 Å². The first-order chi connectivity index (χ1) is 31.5. The fourth-order valence-electron chi connectivity index (χ4n) is 15.8. The third-order valence-corrected chi connectivity index (χ3v) is 19.5. The Hall–Kier alpha value is -1.02. The van der Waals surface area contributed by atoms with Crippen molar-refractivity contribution < 1.29 is 94.8 Å². The number of allylic oxidation sites excluding steroid dienone is 1. The summed E-state index contributed by atoms with van der Waals surface area (Å²) in [5, 5.41) is 139. The highest BCUT2D eigenvalue weighted by molar-refractivity contribution is 5.32. The van der Waals surface area contributed by atoms with Gasteiger partial charge in [0.05, 0.1) is 44.7 Å². The Morgan fingerprint density at radius 3 is 1.69 bits per heavy atom. The average molecular weight is 961 g/mol. The maximum Gasteiger partial charge on any atom is 0.186 e. The predicted octanol–water partition coefficient (Wildman–Crippen LogP) is -1.44. The first-order valence-electron chi connectivity index (χ1n) is 24.7. The van der Waals surface area contributed by atoms with Crippen LogP contribution in [-0.2, 0) is 28.4 Å². The van der Waals surface area contributed by atoms with Crippen molar-refractivity contribution in [3.63, 3.8) is 0 Å². The van der Waals surface area contributed by atoms with E-state index in [2.05, 4.69) is 20.8 Å². The molecule has 0 bridgehead atoms. The van der Waals surface area contributed by atoms with Gasteiger partial charge in [0.1, 0.15) is 73.2 Å². The number of fused-ring (bicyclic) bond motifs is 2. The zero-order chi connectivity index (χ0) is 48.9. The highest BCUT2D eigenvalue weighted by Gasteiger charge is 2.83. The van der Waals surface area contributed by atoms with Crippen LogP contribution >= 0.6 is 0 Å².